The molecule has 7 heteroatoms. The fourth-order valence-corrected chi connectivity index (χ4v) is 2.92. The number of benzene rings is 2. The van der Waals surface area contributed by atoms with Gasteiger partial charge < -0.3 is 9.30 Å². The zero-order valence-electron chi connectivity index (χ0n) is 14.4. The summed E-state index contributed by atoms with van der Waals surface area (Å²) in [6.45, 7) is 0.216. The fraction of sp³-hybridized carbons (Fsp3) is 0.100. The van der Waals surface area contributed by atoms with Crippen LogP contribution in [0.25, 0.3) is 16.8 Å². The molecule has 0 spiro atoms. The van der Waals surface area contributed by atoms with Crippen LogP contribution in [0.1, 0.15) is 5.56 Å². The van der Waals surface area contributed by atoms with Crippen LogP contribution < -0.4 is 10.3 Å². The van der Waals surface area contributed by atoms with Gasteiger partial charge in [-0.05, 0) is 48.0 Å². The van der Waals surface area contributed by atoms with Gasteiger partial charge in [-0.25, -0.2) is 13.3 Å². The van der Waals surface area contributed by atoms with Gasteiger partial charge in [0.25, 0.3) is 5.56 Å². The normalized spacial score (nSPS) is 11.1. The van der Waals surface area contributed by atoms with Crippen molar-refractivity contribution < 1.29 is 13.5 Å². The molecule has 0 atom stereocenters. The first-order valence-electron chi connectivity index (χ1n) is 8.22. The van der Waals surface area contributed by atoms with Crippen LogP contribution in [0.15, 0.2) is 65.7 Å². The molecule has 2 heterocycles. The molecular weight excluding hydrogens is 352 g/mol. The summed E-state index contributed by atoms with van der Waals surface area (Å²) in [7, 11) is 1.40. The van der Waals surface area contributed by atoms with Crippen LogP contribution in [0.5, 0.6) is 5.75 Å². The Bertz CT molecular complexity index is 1180. The van der Waals surface area contributed by atoms with Crippen LogP contribution in [0, 0.1) is 11.6 Å². The zero-order chi connectivity index (χ0) is 19.0. The summed E-state index contributed by atoms with van der Waals surface area (Å²) in [5.74, 6) is -0.662. The van der Waals surface area contributed by atoms with Gasteiger partial charge in [0.15, 0.2) is 11.6 Å². The molecule has 2 aromatic heterocycles. The Morgan fingerprint density at radius 1 is 1.04 bits per heavy atom. The average molecular weight is 367 g/mol. The molecule has 0 aliphatic rings. The smallest absolute Gasteiger partial charge is 0.276 e. The molecule has 0 N–H and O–H groups in total. The minimum Gasteiger partial charge on any atom is -0.494 e. The van der Waals surface area contributed by atoms with Crippen molar-refractivity contribution in [1.82, 2.24) is 14.2 Å². The average Bonchev–Trinajstić information content (AvgIpc) is 3.10. The monoisotopic (exact) mass is 367 g/mol. The minimum absolute atomic E-state index is 0.154. The van der Waals surface area contributed by atoms with E-state index < -0.39 is 5.82 Å². The Labute approximate surface area is 153 Å². The van der Waals surface area contributed by atoms with Crippen molar-refractivity contribution in [3.63, 3.8) is 0 Å². The lowest BCUT2D eigenvalue weighted by Crippen LogP contribution is -2.21. The number of nitrogens with zero attached hydrogens (tertiary/aromatic N) is 3. The van der Waals surface area contributed by atoms with Gasteiger partial charge in [0.2, 0.25) is 0 Å². The molecule has 0 radical (unpaired) electrons. The van der Waals surface area contributed by atoms with E-state index in [2.05, 4.69) is 5.10 Å². The van der Waals surface area contributed by atoms with Crippen LogP contribution in [0.4, 0.5) is 8.78 Å². The summed E-state index contributed by atoms with van der Waals surface area (Å²) < 4.78 is 34.8. The molecule has 0 bridgehead atoms. The standard InChI is InChI=1S/C20H15F2N3O2/c1-27-19-7-2-13(10-16(19)22)12-24-8-9-25-18(20(24)26)11-17(23-25)14-3-5-15(21)6-4-14/h2-11H,12H2,1H3. The summed E-state index contributed by atoms with van der Waals surface area (Å²) >= 11 is 0. The van der Waals surface area contributed by atoms with Crippen LogP contribution in [-0.2, 0) is 6.54 Å². The Morgan fingerprint density at radius 2 is 1.81 bits per heavy atom. The van der Waals surface area contributed by atoms with Gasteiger partial charge in [-0.3, -0.25) is 4.79 Å². The first kappa shape index (κ1) is 17.0. The summed E-state index contributed by atoms with van der Waals surface area (Å²) in [4.78, 5) is 12.8. The highest BCUT2D eigenvalue weighted by atomic mass is 19.1. The fourth-order valence-electron chi connectivity index (χ4n) is 2.92. The number of halogens is 2. The molecule has 4 aromatic rings. The largest absolute Gasteiger partial charge is 0.494 e. The summed E-state index contributed by atoms with van der Waals surface area (Å²) in [6, 6.07) is 12.1. The van der Waals surface area contributed by atoms with Crippen molar-refractivity contribution in [3.05, 3.63) is 88.5 Å². The van der Waals surface area contributed by atoms with Gasteiger partial charge in [0, 0.05) is 18.0 Å². The number of methoxy groups -OCH3 is 1. The van der Waals surface area contributed by atoms with E-state index >= 15 is 0 Å². The molecule has 136 valence electrons. The van der Waals surface area contributed by atoms with E-state index in [1.807, 2.05) is 0 Å². The number of aromatic nitrogens is 3. The third-order valence-corrected chi connectivity index (χ3v) is 4.31. The van der Waals surface area contributed by atoms with Crippen molar-refractivity contribution in [2.45, 2.75) is 6.54 Å². The van der Waals surface area contributed by atoms with Crippen LogP contribution in [-0.4, -0.2) is 21.3 Å². The van der Waals surface area contributed by atoms with Crippen molar-refractivity contribution in [1.29, 1.82) is 0 Å². The third kappa shape index (κ3) is 3.19. The SMILES string of the molecule is COc1ccc(Cn2ccn3nc(-c4ccc(F)cc4)cc3c2=O)cc1F. The van der Waals surface area contributed by atoms with Gasteiger partial charge in [-0.1, -0.05) is 6.07 Å². The lowest BCUT2D eigenvalue weighted by molar-refractivity contribution is 0.386. The van der Waals surface area contributed by atoms with Crippen LogP contribution in [0.3, 0.4) is 0 Å². The van der Waals surface area contributed by atoms with Gasteiger partial charge in [0.1, 0.15) is 11.3 Å². The van der Waals surface area contributed by atoms with Crippen molar-refractivity contribution in [2.75, 3.05) is 7.11 Å². The number of fused-ring (bicyclic) bond motifs is 1. The molecule has 0 saturated heterocycles. The molecule has 0 unspecified atom stereocenters. The van der Waals surface area contributed by atoms with E-state index in [1.54, 1.807) is 36.7 Å². The predicted octanol–water partition coefficient (Wildman–Crippen LogP) is 3.50. The Kier molecular flexibility index (Phi) is 4.19. The maximum absolute atomic E-state index is 13.9. The Hall–Kier alpha value is -3.48. The lowest BCUT2D eigenvalue weighted by Gasteiger charge is -2.08. The summed E-state index contributed by atoms with van der Waals surface area (Å²) in [6.07, 6.45) is 3.25. The van der Waals surface area contributed by atoms with E-state index in [0.29, 0.717) is 22.3 Å². The van der Waals surface area contributed by atoms with E-state index in [1.165, 1.54) is 40.5 Å². The molecule has 0 saturated carbocycles. The van der Waals surface area contributed by atoms with E-state index in [9.17, 15) is 13.6 Å². The quantitative estimate of drug-likeness (QED) is 0.555. The number of hydrogen-bond acceptors (Lipinski definition) is 3. The molecule has 0 amide bonds. The van der Waals surface area contributed by atoms with Crippen LogP contribution >= 0.6 is 0 Å². The Balaban J connectivity index is 1.71. The molecule has 5 nitrogen and oxygen atoms in total. The molecule has 0 fully saturated rings. The van der Waals surface area contributed by atoms with E-state index in [4.69, 9.17) is 4.74 Å². The summed E-state index contributed by atoms with van der Waals surface area (Å²) in [5.41, 5.74) is 2.04. The molecular formula is C20H15F2N3O2. The highest BCUT2D eigenvalue weighted by Gasteiger charge is 2.11. The summed E-state index contributed by atoms with van der Waals surface area (Å²) in [5, 5.41) is 4.36. The number of rotatable bonds is 4. The first-order valence-corrected chi connectivity index (χ1v) is 8.22. The maximum atomic E-state index is 13.9. The number of ether oxygens (including phenoxy) is 1. The third-order valence-electron chi connectivity index (χ3n) is 4.31. The minimum atomic E-state index is -0.480. The van der Waals surface area contributed by atoms with Crippen molar-refractivity contribution in [2.24, 2.45) is 0 Å². The van der Waals surface area contributed by atoms with Crippen molar-refractivity contribution >= 4 is 5.52 Å². The first-order chi connectivity index (χ1) is 13.0. The van der Waals surface area contributed by atoms with Gasteiger partial charge in [0.05, 0.1) is 19.3 Å². The molecule has 27 heavy (non-hydrogen) atoms. The highest BCUT2D eigenvalue weighted by molar-refractivity contribution is 5.65. The highest BCUT2D eigenvalue weighted by Crippen LogP contribution is 2.20. The topological polar surface area (TPSA) is 48.5 Å². The van der Waals surface area contributed by atoms with Crippen molar-refractivity contribution in [3.8, 4) is 17.0 Å². The van der Waals surface area contributed by atoms with Gasteiger partial charge in [-0.2, -0.15) is 5.10 Å². The Morgan fingerprint density at radius 3 is 2.52 bits per heavy atom. The second-order valence-electron chi connectivity index (χ2n) is 6.07. The number of hydrogen-bond donors (Lipinski definition) is 0. The van der Waals surface area contributed by atoms with Crippen LogP contribution in [0.2, 0.25) is 0 Å². The second kappa shape index (κ2) is 6.68. The van der Waals surface area contributed by atoms with E-state index in [0.717, 1.165) is 0 Å². The molecule has 0 aliphatic heterocycles. The molecule has 0 aliphatic carbocycles. The lowest BCUT2D eigenvalue weighted by atomic mass is 10.1. The zero-order valence-corrected chi connectivity index (χ0v) is 14.4. The molecule has 4 rings (SSSR count). The van der Waals surface area contributed by atoms with Gasteiger partial charge in [-0.15, -0.1) is 0 Å². The van der Waals surface area contributed by atoms with Gasteiger partial charge >= 0.3 is 0 Å². The van der Waals surface area contributed by atoms with E-state index in [-0.39, 0.29) is 23.7 Å². The maximum Gasteiger partial charge on any atom is 0.276 e. The second-order valence-corrected chi connectivity index (χ2v) is 6.07. The molecule has 2 aromatic carbocycles. The predicted molar refractivity (Wildman–Crippen MR) is 96.9 cm³/mol.